The van der Waals surface area contributed by atoms with E-state index in [1.54, 1.807) is 12.1 Å². The number of ether oxygens (including phenoxy) is 1. The molecule has 6 nitrogen and oxygen atoms in total. The van der Waals surface area contributed by atoms with Crippen LogP contribution in [0.5, 0.6) is 0 Å². The number of esters is 1. The number of nitrogens with zero attached hydrogens (tertiary/aromatic N) is 1. The van der Waals surface area contributed by atoms with Crippen LogP contribution in [0.3, 0.4) is 0 Å². The normalized spacial score (nSPS) is 10.5. The molecule has 1 N–H and O–H groups in total. The Labute approximate surface area is 181 Å². The van der Waals surface area contributed by atoms with Crippen LogP contribution in [0.2, 0.25) is 0 Å². The van der Waals surface area contributed by atoms with E-state index in [1.165, 1.54) is 11.7 Å². The third-order valence-corrected chi connectivity index (χ3v) is 5.05. The van der Waals surface area contributed by atoms with Gasteiger partial charge in [0.05, 0.1) is 7.11 Å². The summed E-state index contributed by atoms with van der Waals surface area (Å²) in [5.74, 6) is -0.766. The zero-order chi connectivity index (χ0) is 22.1. The van der Waals surface area contributed by atoms with Gasteiger partial charge in [-0.15, -0.1) is 0 Å². The lowest BCUT2D eigenvalue weighted by Gasteiger charge is -2.14. The van der Waals surface area contributed by atoms with Crippen LogP contribution in [0.25, 0.3) is 0 Å². The molecule has 3 aromatic rings. The van der Waals surface area contributed by atoms with Crippen LogP contribution in [0.1, 0.15) is 23.2 Å². The van der Waals surface area contributed by atoms with Gasteiger partial charge in [0.1, 0.15) is 12.2 Å². The summed E-state index contributed by atoms with van der Waals surface area (Å²) < 4.78 is 6.13. The van der Waals surface area contributed by atoms with Crippen LogP contribution in [0.4, 0.5) is 5.69 Å². The molecule has 0 aliphatic rings. The molecule has 0 atom stereocenters. The topological polar surface area (TPSA) is 77.4 Å². The summed E-state index contributed by atoms with van der Waals surface area (Å²) in [6.07, 6.45) is 2.15. The number of amides is 1. The van der Waals surface area contributed by atoms with Crippen molar-refractivity contribution in [2.24, 2.45) is 0 Å². The van der Waals surface area contributed by atoms with Crippen molar-refractivity contribution in [3.05, 3.63) is 100.0 Å². The first kappa shape index (κ1) is 22.0. The van der Waals surface area contributed by atoms with Crippen molar-refractivity contribution in [1.29, 1.82) is 0 Å². The molecule has 0 radical (unpaired) electrons. The summed E-state index contributed by atoms with van der Waals surface area (Å²) in [5, 5.41) is 2.69. The van der Waals surface area contributed by atoms with Crippen molar-refractivity contribution in [1.82, 2.24) is 4.57 Å². The minimum atomic E-state index is -0.518. The smallest absolute Gasteiger partial charge is 0.325 e. The number of carbonyl (C=O) groups is 2. The number of rotatable bonds is 9. The highest BCUT2D eigenvalue weighted by atomic mass is 16.5. The number of aromatic nitrogens is 1. The Morgan fingerprint density at radius 3 is 2.06 bits per heavy atom. The zero-order valence-corrected chi connectivity index (χ0v) is 17.5. The van der Waals surface area contributed by atoms with Gasteiger partial charge in [-0.3, -0.25) is 19.0 Å². The first-order valence-electron chi connectivity index (χ1n) is 10.2. The Balaban J connectivity index is 1.74. The second kappa shape index (κ2) is 10.9. The number of aryl methyl sites for hydroxylation is 3. The van der Waals surface area contributed by atoms with Gasteiger partial charge in [0.15, 0.2) is 0 Å². The van der Waals surface area contributed by atoms with Crippen molar-refractivity contribution in [3.63, 3.8) is 0 Å². The Morgan fingerprint density at radius 1 is 0.839 bits per heavy atom. The van der Waals surface area contributed by atoms with Crippen molar-refractivity contribution in [2.75, 3.05) is 12.4 Å². The maximum atomic E-state index is 13.0. The van der Waals surface area contributed by atoms with Crippen LogP contribution in [-0.4, -0.2) is 23.6 Å². The number of benzene rings is 2. The van der Waals surface area contributed by atoms with Gasteiger partial charge in [-0.2, -0.15) is 0 Å². The highest BCUT2D eigenvalue weighted by Crippen LogP contribution is 2.11. The molecule has 0 unspecified atom stereocenters. The van der Waals surface area contributed by atoms with Gasteiger partial charge in [-0.25, -0.2) is 0 Å². The molecule has 1 aromatic heterocycles. The molecule has 0 aliphatic carbocycles. The third-order valence-electron chi connectivity index (χ3n) is 5.05. The summed E-state index contributed by atoms with van der Waals surface area (Å²) in [4.78, 5) is 37.3. The monoisotopic (exact) mass is 418 g/mol. The maximum Gasteiger partial charge on any atom is 0.325 e. The Hall–Kier alpha value is -3.67. The first-order chi connectivity index (χ1) is 15.1. The molecule has 6 heteroatoms. The molecule has 160 valence electrons. The average molecular weight is 418 g/mol. The van der Waals surface area contributed by atoms with E-state index in [-0.39, 0.29) is 24.6 Å². The highest BCUT2D eigenvalue weighted by Gasteiger charge is 2.14. The molecule has 3 rings (SSSR count). The van der Waals surface area contributed by atoms with Gasteiger partial charge in [-0.05, 0) is 42.5 Å². The van der Waals surface area contributed by atoms with Crippen LogP contribution in [0.15, 0.2) is 77.6 Å². The number of hydrogen-bond acceptors (Lipinski definition) is 4. The van der Waals surface area contributed by atoms with Gasteiger partial charge in [-0.1, -0.05) is 60.7 Å². The van der Waals surface area contributed by atoms with Crippen molar-refractivity contribution in [3.8, 4) is 0 Å². The van der Waals surface area contributed by atoms with Gasteiger partial charge < -0.3 is 10.1 Å². The number of anilines is 1. The van der Waals surface area contributed by atoms with Crippen LogP contribution >= 0.6 is 0 Å². The first-order valence-corrected chi connectivity index (χ1v) is 10.2. The lowest BCUT2D eigenvalue weighted by atomic mass is 10.1. The summed E-state index contributed by atoms with van der Waals surface area (Å²) >= 11 is 0. The molecule has 0 saturated carbocycles. The summed E-state index contributed by atoms with van der Waals surface area (Å²) in [5.41, 5.74) is 2.64. The van der Waals surface area contributed by atoms with Gasteiger partial charge in [0, 0.05) is 12.1 Å². The van der Waals surface area contributed by atoms with E-state index in [4.69, 9.17) is 4.74 Å². The second-order valence-corrected chi connectivity index (χ2v) is 7.23. The lowest BCUT2D eigenvalue weighted by Crippen LogP contribution is -2.31. The number of pyridine rings is 1. The van der Waals surface area contributed by atoms with E-state index in [0.29, 0.717) is 18.5 Å². The van der Waals surface area contributed by atoms with E-state index in [2.05, 4.69) is 5.32 Å². The zero-order valence-electron chi connectivity index (χ0n) is 17.5. The molecule has 31 heavy (non-hydrogen) atoms. The summed E-state index contributed by atoms with van der Waals surface area (Å²) in [6.45, 7) is -0.201. The molecular weight excluding hydrogens is 392 g/mol. The molecule has 1 amide bonds. The third kappa shape index (κ3) is 6.40. The summed E-state index contributed by atoms with van der Waals surface area (Å²) in [6, 6.07) is 23.0. The number of methoxy groups -OCH3 is 1. The molecule has 0 fully saturated rings. The predicted octanol–water partition coefficient (Wildman–Crippen LogP) is 3.38. The minimum Gasteiger partial charge on any atom is -0.468 e. The standard InChI is InChI=1S/C25H26N2O4/c1-31-24(29)18-27-21(14-12-19-8-4-2-5-9-19)15-16-22(25(27)30)26-23(28)17-13-20-10-6-3-7-11-20/h2-11,15-16H,12-14,17-18H2,1H3,(H,26,28). The minimum absolute atomic E-state index is 0.158. The number of carbonyl (C=O) groups excluding carboxylic acids is 2. The Kier molecular flexibility index (Phi) is 7.76. The van der Waals surface area contributed by atoms with E-state index in [1.807, 2.05) is 60.7 Å². The predicted molar refractivity (Wildman–Crippen MR) is 120 cm³/mol. The SMILES string of the molecule is COC(=O)Cn1c(CCc2ccccc2)ccc(NC(=O)CCc2ccccc2)c1=O. The Morgan fingerprint density at radius 2 is 1.45 bits per heavy atom. The Bertz CT molecular complexity index is 1080. The van der Waals surface area contributed by atoms with E-state index in [0.717, 1.165) is 17.5 Å². The van der Waals surface area contributed by atoms with E-state index >= 15 is 0 Å². The maximum absolute atomic E-state index is 13.0. The highest BCUT2D eigenvalue weighted by molar-refractivity contribution is 5.90. The van der Waals surface area contributed by atoms with Crippen molar-refractivity contribution >= 4 is 17.6 Å². The van der Waals surface area contributed by atoms with Crippen LogP contribution in [-0.2, 0) is 40.1 Å². The quantitative estimate of drug-likeness (QED) is 0.541. The number of nitrogens with one attached hydrogen (secondary N) is 1. The largest absolute Gasteiger partial charge is 0.468 e. The van der Waals surface area contributed by atoms with E-state index in [9.17, 15) is 14.4 Å². The average Bonchev–Trinajstić information content (AvgIpc) is 2.81. The van der Waals surface area contributed by atoms with Gasteiger partial charge in [0.2, 0.25) is 5.91 Å². The van der Waals surface area contributed by atoms with Crippen molar-refractivity contribution < 1.29 is 14.3 Å². The fraction of sp³-hybridized carbons (Fsp3) is 0.240. The fourth-order valence-electron chi connectivity index (χ4n) is 3.33. The van der Waals surface area contributed by atoms with Gasteiger partial charge in [0.25, 0.3) is 5.56 Å². The summed E-state index contributed by atoms with van der Waals surface area (Å²) in [7, 11) is 1.28. The molecule has 1 heterocycles. The second-order valence-electron chi connectivity index (χ2n) is 7.23. The van der Waals surface area contributed by atoms with Gasteiger partial charge >= 0.3 is 5.97 Å². The lowest BCUT2D eigenvalue weighted by molar-refractivity contribution is -0.141. The van der Waals surface area contributed by atoms with Crippen LogP contribution < -0.4 is 10.9 Å². The molecule has 0 saturated heterocycles. The molecular formula is C25H26N2O4. The fourth-order valence-corrected chi connectivity index (χ4v) is 3.33. The molecule has 2 aromatic carbocycles. The van der Waals surface area contributed by atoms with Crippen LogP contribution in [0, 0.1) is 0 Å². The molecule has 0 spiro atoms. The molecule has 0 aliphatic heterocycles. The van der Waals surface area contributed by atoms with E-state index < -0.39 is 11.5 Å². The number of hydrogen-bond donors (Lipinski definition) is 1. The van der Waals surface area contributed by atoms with Crippen molar-refractivity contribution in [2.45, 2.75) is 32.2 Å². The molecule has 0 bridgehead atoms.